The highest BCUT2D eigenvalue weighted by Gasteiger charge is 2.49. The third kappa shape index (κ3) is 1.62. The van der Waals surface area contributed by atoms with Crippen LogP contribution in [0.25, 0.3) is 0 Å². The first kappa shape index (κ1) is 8.31. The van der Waals surface area contributed by atoms with E-state index in [-0.39, 0.29) is 0 Å². The van der Waals surface area contributed by atoms with Crippen LogP contribution in [0.15, 0.2) is 12.2 Å². The fraction of sp³-hybridized carbons (Fsp3) is 0.667. The highest BCUT2D eigenvalue weighted by molar-refractivity contribution is 5.78. The van der Waals surface area contributed by atoms with Gasteiger partial charge in [-0.1, -0.05) is 19.1 Å². The lowest BCUT2D eigenvalue weighted by Gasteiger charge is -2.09. The van der Waals surface area contributed by atoms with Crippen molar-refractivity contribution in [2.45, 2.75) is 32.6 Å². The van der Waals surface area contributed by atoms with Crippen molar-refractivity contribution in [1.82, 2.24) is 0 Å². The van der Waals surface area contributed by atoms with Gasteiger partial charge in [0, 0.05) is 0 Å². The molecule has 0 aromatic rings. The first-order valence-electron chi connectivity index (χ1n) is 4.01. The molecule has 2 heteroatoms. The maximum absolute atomic E-state index is 10.7. The molecule has 0 aromatic heterocycles. The van der Waals surface area contributed by atoms with Gasteiger partial charge in [-0.05, 0) is 25.7 Å². The van der Waals surface area contributed by atoms with Crippen molar-refractivity contribution in [1.29, 1.82) is 0 Å². The third-order valence-corrected chi connectivity index (χ3v) is 2.40. The zero-order valence-electron chi connectivity index (χ0n) is 6.89. The SMILES string of the molecule is C=C(CC)CC1(C(=O)O)CC1. The zero-order valence-corrected chi connectivity index (χ0v) is 6.89. The highest BCUT2D eigenvalue weighted by atomic mass is 16.4. The zero-order chi connectivity index (χ0) is 8.48. The van der Waals surface area contributed by atoms with E-state index in [9.17, 15) is 4.79 Å². The van der Waals surface area contributed by atoms with Crippen LogP contribution in [0.4, 0.5) is 0 Å². The molecular formula is C9H14O2. The molecule has 0 heterocycles. The lowest BCUT2D eigenvalue weighted by Crippen LogP contribution is -2.14. The van der Waals surface area contributed by atoms with Gasteiger partial charge in [0.15, 0.2) is 0 Å². The Morgan fingerprint density at radius 1 is 1.64 bits per heavy atom. The number of carbonyl (C=O) groups is 1. The fourth-order valence-corrected chi connectivity index (χ4v) is 1.22. The first-order chi connectivity index (χ1) is 5.10. The van der Waals surface area contributed by atoms with E-state index in [2.05, 4.69) is 6.58 Å². The number of hydrogen-bond acceptors (Lipinski definition) is 1. The quantitative estimate of drug-likeness (QED) is 0.630. The summed E-state index contributed by atoms with van der Waals surface area (Å²) in [7, 11) is 0. The first-order valence-corrected chi connectivity index (χ1v) is 4.01. The Morgan fingerprint density at radius 2 is 2.18 bits per heavy atom. The smallest absolute Gasteiger partial charge is 0.309 e. The minimum Gasteiger partial charge on any atom is -0.481 e. The summed E-state index contributed by atoms with van der Waals surface area (Å²) >= 11 is 0. The van der Waals surface area contributed by atoms with Gasteiger partial charge < -0.3 is 5.11 Å². The van der Waals surface area contributed by atoms with Crippen molar-refractivity contribution in [2.24, 2.45) is 5.41 Å². The summed E-state index contributed by atoms with van der Waals surface area (Å²) in [5.41, 5.74) is 0.650. The third-order valence-electron chi connectivity index (χ3n) is 2.40. The summed E-state index contributed by atoms with van der Waals surface area (Å²) < 4.78 is 0. The average molecular weight is 154 g/mol. The molecular weight excluding hydrogens is 140 g/mol. The topological polar surface area (TPSA) is 37.3 Å². The molecule has 2 nitrogen and oxygen atoms in total. The second-order valence-corrected chi connectivity index (χ2v) is 3.37. The van der Waals surface area contributed by atoms with Crippen LogP contribution in [0, 0.1) is 5.41 Å². The van der Waals surface area contributed by atoms with Gasteiger partial charge in [0.25, 0.3) is 0 Å². The Labute approximate surface area is 66.9 Å². The van der Waals surface area contributed by atoms with Crippen LogP contribution >= 0.6 is 0 Å². The summed E-state index contributed by atoms with van der Waals surface area (Å²) in [6.07, 6.45) is 3.25. The molecule has 1 fully saturated rings. The molecule has 1 aliphatic carbocycles. The van der Waals surface area contributed by atoms with Crippen LogP contribution in [0.3, 0.4) is 0 Å². The summed E-state index contributed by atoms with van der Waals surface area (Å²) in [6, 6.07) is 0. The van der Waals surface area contributed by atoms with Crippen LogP contribution in [-0.4, -0.2) is 11.1 Å². The number of hydrogen-bond donors (Lipinski definition) is 1. The van der Waals surface area contributed by atoms with Gasteiger partial charge in [-0.3, -0.25) is 4.79 Å². The van der Waals surface area contributed by atoms with Gasteiger partial charge >= 0.3 is 5.97 Å². The second-order valence-electron chi connectivity index (χ2n) is 3.37. The largest absolute Gasteiger partial charge is 0.481 e. The van der Waals surface area contributed by atoms with E-state index in [1.165, 1.54) is 0 Å². The van der Waals surface area contributed by atoms with E-state index >= 15 is 0 Å². The molecule has 11 heavy (non-hydrogen) atoms. The van der Waals surface area contributed by atoms with E-state index in [1.807, 2.05) is 6.92 Å². The van der Waals surface area contributed by atoms with Crippen LogP contribution in [0.1, 0.15) is 32.6 Å². The fourth-order valence-electron chi connectivity index (χ4n) is 1.22. The standard InChI is InChI=1S/C9H14O2/c1-3-7(2)6-9(4-5-9)8(10)11/h2-6H2,1H3,(H,10,11). The van der Waals surface area contributed by atoms with E-state index in [0.717, 1.165) is 24.8 Å². The summed E-state index contributed by atoms with van der Waals surface area (Å²) in [5, 5.41) is 8.81. The molecule has 1 saturated carbocycles. The highest BCUT2D eigenvalue weighted by Crippen LogP contribution is 2.50. The predicted molar refractivity (Wildman–Crippen MR) is 43.4 cm³/mol. The van der Waals surface area contributed by atoms with E-state index in [1.54, 1.807) is 0 Å². The minimum atomic E-state index is -0.646. The summed E-state index contributed by atoms with van der Waals surface area (Å²) in [5.74, 6) is -0.646. The van der Waals surface area contributed by atoms with Crippen molar-refractivity contribution in [3.8, 4) is 0 Å². The minimum absolute atomic E-state index is 0.410. The van der Waals surface area contributed by atoms with Crippen LogP contribution in [-0.2, 0) is 4.79 Å². The summed E-state index contributed by atoms with van der Waals surface area (Å²) in [4.78, 5) is 10.7. The van der Waals surface area contributed by atoms with Gasteiger partial charge in [0.2, 0.25) is 0 Å². The monoisotopic (exact) mass is 154 g/mol. The van der Waals surface area contributed by atoms with Gasteiger partial charge in [-0.15, -0.1) is 0 Å². The van der Waals surface area contributed by atoms with Crippen molar-refractivity contribution in [3.05, 3.63) is 12.2 Å². The molecule has 0 unspecified atom stereocenters. The van der Waals surface area contributed by atoms with Crippen LogP contribution < -0.4 is 0 Å². The molecule has 0 saturated heterocycles. The second kappa shape index (κ2) is 2.68. The van der Waals surface area contributed by atoms with Gasteiger partial charge in [-0.2, -0.15) is 0 Å². The van der Waals surface area contributed by atoms with Crippen LogP contribution in [0.2, 0.25) is 0 Å². The molecule has 1 N–H and O–H groups in total. The summed E-state index contributed by atoms with van der Waals surface area (Å²) in [6.45, 7) is 5.83. The molecule has 0 spiro atoms. The van der Waals surface area contributed by atoms with E-state index in [0.29, 0.717) is 6.42 Å². The van der Waals surface area contributed by atoms with E-state index < -0.39 is 11.4 Å². The van der Waals surface area contributed by atoms with Crippen molar-refractivity contribution < 1.29 is 9.90 Å². The normalized spacial score (nSPS) is 19.4. The maximum atomic E-state index is 10.7. The Bertz CT molecular complexity index is 190. The molecule has 1 rings (SSSR count). The predicted octanol–water partition coefficient (Wildman–Crippen LogP) is 2.21. The average Bonchev–Trinajstić information content (AvgIpc) is 2.69. The Balaban J connectivity index is 2.48. The van der Waals surface area contributed by atoms with E-state index in [4.69, 9.17) is 5.11 Å². The molecule has 0 amide bonds. The molecule has 0 aromatic carbocycles. The number of aliphatic carboxylic acids is 1. The lowest BCUT2D eigenvalue weighted by molar-refractivity contribution is -0.143. The molecule has 1 aliphatic rings. The lowest BCUT2D eigenvalue weighted by atomic mass is 9.96. The maximum Gasteiger partial charge on any atom is 0.309 e. The molecule has 0 aliphatic heterocycles. The number of carboxylic acids is 1. The number of rotatable bonds is 4. The Hall–Kier alpha value is -0.790. The Kier molecular flexibility index (Phi) is 2.03. The number of allylic oxidation sites excluding steroid dienone is 1. The Morgan fingerprint density at radius 3 is 2.45 bits per heavy atom. The molecule has 62 valence electrons. The molecule has 0 atom stereocenters. The number of carboxylic acid groups (broad SMARTS) is 1. The van der Waals surface area contributed by atoms with Gasteiger partial charge in [0.05, 0.1) is 5.41 Å². The molecule has 0 bridgehead atoms. The van der Waals surface area contributed by atoms with Gasteiger partial charge in [0.1, 0.15) is 0 Å². The van der Waals surface area contributed by atoms with Crippen molar-refractivity contribution in [2.75, 3.05) is 0 Å². The van der Waals surface area contributed by atoms with Crippen molar-refractivity contribution in [3.63, 3.8) is 0 Å². The van der Waals surface area contributed by atoms with Gasteiger partial charge in [-0.25, -0.2) is 0 Å². The van der Waals surface area contributed by atoms with Crippen LogP contribution in [0.5, 0.6) is 0 Å². The van der Waals surface area contributed by atoms with Crippen molar-refractivity contribution >= 4 is 5.97 Å². The molecule has 0 radical (unpaired) electrons.